The van der Waals surface area contributed by atoms with Crippen LogP contribution in [-0.4, -0.2) is 27.2 Å². The monoisotopic (exact) mass is 456 g/mol. The zero-order valence-corrected chi connectivity index (χ0v) is 17.6. The molecule has 0 spiro atoms. The van der Waals surface area contributed by atoms with Crippen LogP contribution in [0.1, 0.15) is 54.3 Å². The van der Waals surface area contributed by atoms with Crippen molar-refractivity contribution < 1.29 is 27.9 Å². The van der Waals surface area contributed by atoms with Crippen LogP contribution in [0.5, 0.6) is 0 Å². The van der Waals surface area contributed by atoms with Gasteiger partial charge in [-0.05, 0) is 67.3 Å². The Kier molecular flexibility index (Phi) is 6.62. The highest BCUT2D eigenvalue weighted by atomic mass is 19.2. The van der Waals surface area contributed by atoms with E-state index in [1.807, 2.05) is 12.1 Å². The molecule has 1 aliphatic rings. The fourth-order valence-corrected chi connectivity index (χ4v) is 4.05. The minimum atomic E-state index is -1.10. The molecule has 1 fully saturated rings. The molecule has 0 radical (unpaired) electrons. The molecular formula is C23H22F2N4O4. The summed E-state index contributed by atoms with van der Waals surface area (Å²) in [6, 6.07) is 10.7. The molecule has 0 unspecified atom stereocenters. The van der Waals surface area contributed by atoms with Gasteiger partial charge in [0, 0.05) is 12.1 Å². The van der Waals surface area contributed by atoms with E-state index in [0.29, 0.717) is 11.6 Å². The molecular weight excluding hydrogens is 434 g/mol. The number of nitrogens with one attached hydrogen (secondary N) is 2. The van der Waals surface area contributed by atoms with Crippen molar-refractivity contribution in [2.45, 2.75) is 38.0 Å². The lowest BCUT2D eigenvalue weighted by molar-refractivity contribution is -0.138. The van der Waals surface area contributed by atoms with Crippen molar-refractivity contribution in [3.05, 3.63) is 65.6 Å². The zero-order valence-electron chi connectivity index (χ0n) is 17.6. The molecule has 10 heteroatoms. The number of carboxylic acid groups (broad SMARTS) is 1. The minimum Gasteiger partial charge on any atom is -0.481 e. The number of halogens is 2. The Morgan fingerprint density at radius 2 is 1.76 bits per heavy atom. The molecule has 8 nitrogen and oxygen atoms in total. The first kappa shape index (κ1) is 22.4. The van der Waals surface area contributed by atoms with Crippen LogP contribution >= 0.6 is 0 Å². The third kappa shape index (κ3) is 5.51. The average Bonchev–Trinajstić information content (AvgIpc) is 3.26. The van der Waals surface area contributed by atoms with Crippen molar-refractivity contribution in [3.8, 4) is 0 Å². The Labute approximate surface area is 188 Å². The van der Waals surface area contributed by atoms with Crippen molar-refractivity contribution in [3.63, 3.8) is 0 Å². The molecule has 3 N–H and O–H groups in total. The van der Waals surface area contributed by atoms with E-state index >= 15 is 0 Å². The topological polar surface area (TPSA) is 117 Å². The fourth-order valence-electron chi connectivity index (χ4n) is 4.05. The standard InChI is InChI=1S/C23H22F2N4O4/c24-17-2-1-3-18(20(17)25)27-23-29-28-22(33-23)21(32)26-16-10-8-15(9-11-16)14-6-4-13(5-7-14)12-19(30)31/h1-3,8-11,13-14H,4-7,12H2,(H,26,32)(H,27,29)(H,30,31). The number of aliphatic carboxylic acids is 1. The van der Waals surface area contributed by atoms with E-state index < -0.39 is 23.5 Å². The van der Waals surface area contributed by atoms with Gasteiger partial charge in [0.2, 0.25) is 0 Å². The number of rotatable bonds is 7. The lowest BCUT2D eigenvalue weighted by Gasteiger charge is -2.28. The zero-order chi connectivity index (χ0) is 23.4. The van der Waals surface area contributed by atoms with Gasteiger partial charge in [-0.3, -0.25) is 9.59 Å². The van der Waals surface area contributed by atoms with E-state index in [0.717, 1.165) is 37.3 Å². The predicted molar refractivity (Wildman–Crippen MR) is 115 cm³/mol. The van der Waals surface area contributed by atoms with Crippen LogP contribution in [0, 0.1) is 17.6 Å². The van der Waals surface area contributed by atoms with Crippen LogP contribution in [0.4, 0.5) is 26.2 Å². The summed E-state index contributed by atoms with van der Waals surface area (Å²) in [7, 11) is 0. The number of hydrogen-bond acceptors (Lipinski definition) is 6. The van der Waals surface area contributed by atoms with Crippen molar-refractivity contribution in [1.82, 2.24) is 10.2 Å². The molecule has 172 valence electrons. The first-order valence-electron chi connectivity index (χ1n) is 10.6. The van der Waals surface area contributed by atoms with E-state index in [2.05, 4.69) is 20.8 Å². The van der Waals surface area contributed by atoms with E-state index in [4.69, 9.17) is 9.52 Å². The number of benzene rings is 2. The van der Waals surface area contributed by atoms with Gasteiger partial charge >= 0.3 is 23.8 Å². The van der Waals surface area contributed by atoms with Crippen molar-refractivity contribution >= 4 is 29.3 Å². The smallest absolute Gasteiger partial charge is 0.320 e. The van der Waals surface area contributed by atoms with Gasteiger partial charge < -0.3 is 20.2 Å². The lowest BCUT2D eigenvalue weighted by Crippen LogP contribution is -2.16. The highest BCUT2D eigenvalue weighted by Gasteiger charge is 2.24. The predicted octanol–water partition coefficient (Wildman–Crippen LogP) is 5.09. The molecule has 0 bridgehead atoms. The maximum Gasteiger partial charge on any atom is 0.320 e. The first-order valence-corrected chi connectivity index (χ1v) is 10.6. The Morgan fingerprint density at radius 1 is 1.03 bits per heavy atom. The summed E-state index contributed by atoms with van der Waals surface area (Å²) in [6.07, 6.45) is 3.88. The molecule has 2 aromatic carbocycles. The van der Waals surface area contributed by atoms with E-state index in [1.165, 1.54) is 12.1 Å². The van der Waals surface area contributed by atoms with Gasteiger partial charge in [0.05, 0.1) is 5.69 Å². The summed E-state index contributed by atoms with van der Waals surface area (Å²) in [5.41, 5.74) is 1.48. The normalized spacial score (nSPS) is 18.0. The molecule has 1 amide bonds. The van der Waals surface area contributed by atoms with E-state index in [-0.39, 0.29) is 29.9 Å². The second-order valence-electron chi connectivity index (χ2n) is 8.03. The van der Waals surface area contributed by atoms with Gasteiger partial charge in [0.1, 0.15) is 0 Å². The second-order valence-corrected chi connectivity index (χ2v) is 8.03. The molecule has 0 aliphatic heterocycles. The van der Waals surface area contributed by atoms with Gasteiger partial charge in [-0.1, -0.05) is 23.3 Å². The molecule has 1 aromatic heterocycles. The Balaban J connectivity index is 1.33. The molecule has 4 rings (SSSR count). The third-order valence-corrected chi connectivity index (χ3v) is 5.76. The van der Waals surface area contributed by atoms with Crippen molar-refractivity contribution in [2.75, 3.05) is 10.6 Å². The quantitative estimate of drug-likeness (QED) is 0.453. The van der Waals surface area contributed by atoms with Crippen molar-refractivity contribution in [2.24, 2.45) is 5.92 Å². The Morgan fingerprint density at radius 3 is 2.45 bits per heavy atom. The van der Waals surface area contributed by atoms with Crippen LogP contribution < -0.4 is 10.6 Å². The highest BCUT2D eigenvalue weighted by Crippen LogP contribution is 2.37. The molecule has 3 aromatic rings. The molecule has 1 aliphatic carbocycles. The molecule has 0 saturated heterocycles. The fraction of sp³-hybridized carbons (Fsp3) is 0.304. The maximum atomic E-state index is 13.7. The largest absolute Gasteiger partial charge is 0.481 e. The first-order chi connectivity index (χ1) is 15.9. The number of anilines is 3. The number of carbonyl (C=O) groups is 2. The summed E-state index contributed by atoms with van der Waals surface area (Å²) in [5, 5.41) is 21.3. The van der Waals surface area contributed by atoms with E-state index in [9.17, 15) is 18.4 Å². The van der Waals surface area contributed by atoms with Crippen LogP contribution in [-0.2, 0) is 4.79 Å². The van der Waals surface area contributed by atoms with Crippen LogP contribution in [0.15, 0.2) is 46.9 Å². The molecule has 0 atom stereocenters. The van der Waals surface area contributed by atoms with Crippen LogP contribution in [0.3, 0.4) is 0 Å². The summed E-state index contributed by atoms with van der Waals surface area (Å²) < 4.78 is 32.2. The summed E-state index contributed by atoms with van der Waals surface area (Å²) >= 11 is 0. The van der Waals surface area contributed by atoms with Gasteiger partial charge in [-0.15, -0.1) is 5.10 Å². The van der Waals surface area contributed by atoms with Gasteiger partial charge in [0.25, 0.3) is 0 Å². The number of nitrogens with zero attached hydrogens (tertiary/aromatic N) is 2. The number of carboxylic acids is 1. The summed E-state index contributed by atoms with van der Waals surface area (Å²) in [6.45, 7) is 0. The third-order valence-electron chi connectivity index (χ3n) is 5.76. The SMILES string of the molecule is O=C(O)CC1CCC(c2ccc(NC(=O)c3nnc(Nc4cccc(F)c4F)o3)cc2)CC1. The Bertz CT molecular complexity index is 1140. The van der Waals surface area contributed by atoms with Gasteiger partial charge in [-0.2, -0.15) is 0 Å². The number of hydrogen-bond donors (Lipinski definition) is 3. The maximum absolute atomic E-state index is 13.7. The van der Waals surface area contributed by atoms with Crippen LogP contribution in [0.25, 0.3) is 0 Å². The number of amides is 1. The molecule has 1 saturated carbocycles. The van der Waals surface area contributed by atoms with E-state index in [1.54, 1.807) is 12.1 Å². The molecule has 33 heavy (non-hydrogen) atoms. The summed E-state index contributed by atoms with van der Waals surface area (Å²) in [5.74, 6) is -3.25. The highest BCUT2D eigenvalue weighted by molar-refractivity contribution is 6.00. The second kappa shape index (κ2) is 9.76. The molecule has 1 heterocycles. The van der Waals surface area contributed by atoms with Gasteiger partial charge in [0.15, 0.2) is 11.6 Å². The summed E-state index contributed by atoms with van der Waals surface area (Å²) in [4.78, 5) is 23.3. The lowest BCUT2D eigenvalue weighted by atomic mass is 9.77. The Hall–Kier alpha value is -3.82. The van der Waals surface area contributed by atoms with Crippen molar-refractivity contribution in [1.29, 1.82) is 0 Å². The average molecular weight is 456 g/mol. The van der Waals surface area contributed by atoms with Crippen LogP contribution in [0.2, 0.25) is 0 Å². The van der Waals surface area contributed by atoms with Gasteiger partial charge in [-0.25, -0.2) is 8.78 Å². The number of carbonyl (C=O) groups excluding carboxylic acids is 1. The minimum absolute atomic E-state index is 0.196. The number of aromatic nitrogens is 2.